The van der Waals surface area contributed by atoms with Crippen LogP contribution in [0.3, 0.4) is 0 Å². The second-order valence-corrected chi connectivity index (χ2v) is 25.1. The Morgan fingerprint density at radius 2 is 0.495 bits per heavy atom. The smallest absolute Gasteiger partial charge is 0.303 e. The molecule has 3 rings (SSSR count). The summed E-state index contributed by atoms with van der Waals surface area (Å²) in [6.45, 7) is 11.4. The normalized spacial score (nSPS) is 24.6. The van der Waals surface area contributed by atoms with Crippen LogP contribution in [0, 0.1) is 5.41 Å². The van der Waals surface area contributed by atoms with Gasteiger partial charge in [0.1, 0.15) is 38.1 Å². The molecule has 34 nitrogen and oxygen atoms in total. The molecule has 0 aliphatic carbocycles. The summed E-state index contributed by atoms with van der Waals surface area (Å²) in [6, 6.07) is 0. The Labute approximate surface area is 601 Å². The molecule has 590 valence electrons. The molecule has 3 aliphatic heterocycles. The summed E-state index contributed by atoms with van der Waals surface area (Å²) in [5.74, 6) is -10.1. The lowest BCUT2D eigenvalue weighted by Crippen LogP contribution is -2.64. The van der Waals surface area contributed by atoms with Crippen LogP contribution >= 0.6 is 0 Å². The first-order valence-electron chi connectivity index (χ1n) is 35.0. The number of esters is 12. The zero-order valence-corrected chi connectivity index (χ0v) is 61.8. The predicted molar refractivity (Wildman–Crippen MR) is 350 cm³/mol. The molecular formula is C69H110O34. The molecule has 15 atom stereocenters. The molecule has 3 saturated heterocycles. The van der Waals surface area contributed by atoms with Gasteiger partial charge < -0.3 is 104 Å². The summed E-state index contributed by atoms with van der Waals surface area (Å²) in [6.07, 6.45) is -7.63. The fourth-order valence-corrected chi connectivity index (χ4v) is 11.4. The van der Waals surface area contributed by atoms with Crippen molar-refractivity contribution in [1.29, 1.82) is 0 Å². The number of unbranched alkanes of at least 4 members (excludes halogenated alkanes) is 13. The Hall–Kier alpha value is -6.76. The third-order valence-electron chi connectivity index (χ3n) is 15.7. The minimum atomic E-state index is -1.74. The fraction of sp³-hybridized carbons (Fsp3) is 0.826. The zero-order chi connectivity index (χ0) is 76.4. The Bertz CT molecular complexity index is 2520. The molecule has 0 bridgehead atoms. The maximum Gasteiger partial charge on any atom is 0.303 e. The van der Waals surface area contributed by atoms with Gasteiger partial charge in [-0.2, -0.15) is 0 Å². The van der Waals surface area contributed by atoms with E-state index in [4.69, 9.17) is 104 Å². The van der Waals surface area contributed by atoms with Gasteiger partial charge in [0.2, 0.25) is 0 Å². The van der Waals surface area contributed by atoms with Crippen LogP contribution in [0.4, 0.5) is 0 Å². The van der Waals surface area contributed by atoms with E-state index in [9.17, 15) is 57.5 Å². The maximum absolute atomic E-state index is 13.0. The van der Waals surface area contributed by atoms with Crippen molar-refractivity contribution < 1.29 is 162 Å². The third kappa shape index (κ3) is 36.7. The van der Waals surface area contributed by atoms with Gasteiger partial charge in [-0.15, -0.1) is 0 Å². The van der Waals surface area contributed by atoms with E-state index in [1.54, 1.807) is 0 Å². The Kier molecular flexibility index (Phi) is 43.8. The fourth-order valence-electron chi connectivity index (χ4n) is 11.4. The van der Waals surface area contributed by atoms with Crippen molar-refractivity contribution in [3.63, 3.8) is 0 Å². The van der Waals surface area contributed by atoms with E-state index in [2.05, 4.69) is 6.92 Å². The van der Waals surface area contributed by atoms with Crippen molar-refractivity contribution in [1.82, 2.24) is 0 Å². The van der Waals surface area contributed by atoms with Gasteiger partial charge in [-0.25, -0.2) is 0 Å². The van der Waals surface area contributed by atoms with Crippen LogP contribution in [0.2, 0.25) is 0 Å². The highest BCUT2D eigenvalue weighted by Crippen LogP contribution is 2.36. The highest BCUT2D eigenvalue weighted by atomic mass is 16.8. The predicted octanol–water partition coefficient (Wildman–Crippen LogP) is 4.82. The topological polar surface area (TPSA) is 408 Å². The van der Waals surface area contributed by atoms with Crippen molar-refractivity contribution in [3.8, 4) is 0 Å². The number of hydrogen-bond acceptors (Lipinski definition) is 34. The maximum atomic E-state index is 13.0. The van der Waals surface area contributed by atoms with Gasteiger partial charge in [-0.3, -0.25) is 57.5 Å². The standard InChI is InChI=1S/C69H110O34/c1-14-15-16-17-18-19-20-21-22-23-24-25-26-27-28-84-38-69(40-90-67-64(99-52(12)80)61(96-49(9)77)58(93-46(6)74)55(102-67)36-88-43(3)71,41-91-68-65(100-53(13)81)62(97-50(10)78)59(94-47(7)75)56(103-68)37-89-44(4)72)39-85-32-31-82-29-30-83-33-34-86-66-63(98-51(11)79)60(95-48(8)76)57(92-45(5)73)54(101-66)35-87-42(2)70/h54-68H,14-41H2,1-13H3/t54-,55-,56-,57-,58-,59-,60+,61+,62+,63+,64+,65+,66+,67+,68+/m1/s1. The van der Waals surface area contributed by atoms with Crippen molar-refractivity contribution >= 4 is 71.6 Å². The van der Waals surface area contributed by atoms with Crippen LogP contribution in [0.5, 0.6) is 0 Å². The Balaban J connectivity index is 2.02. The second-order valence-electron chi connectivity index (χ2n) is 25.1. The quantitative estimate of drug-likeness (QED) is 0.0447. The summed E-state index contributed by atoms with van der Waals surface area (Å²) in [7, 11) is 0. The molecule has 0 saturated carbocycles. The van der Waals surface area contributed by atoms with Crippen molar-refractivity contribution in [3.05, 3.63) is 0 Å². The molecule has 34 heteroatoms. The van der Waals surface area contributed by atoms with Gasteiger partial charge in [0, 0.05) is 89.7 Å². The molecule has 0 amide bonds. The van der Waals surface area contributed by atoms with Crippen LogP contribution in [-0.4, -0.2) is 256 Å². The number of carbonyl (C=O) groups excluding carboxylic acids is 12. The first-order valence-corrected chi connectivity index (χ1v) is 35.0. The molecule has 3 fully saturated rings. The molecule has 0 radical (unpaired) electrons. The van der Waals surface area contributed by atoms with Gasteiger partial charge >= 0.3 is 71.6 Å². The minimum absolute atomic E-state index is 0.0200. The summed E-state index contributed by atoms with van der Waals surface area (Å²) < 4.78 is 128. The van der Waals surface area contributed by atoms with Crippen molar-refractivity contribution in [2.75, 3.05) is 92.5 Å². The van der Waals surface area contributed by atoms with Crippen molar-refractivity contribution in [2.24, 2.45) is 5.41 Å². The Morgan fingerprint density at radius 1 is 0.252 bits per heavy atom. The average molecular weight is 1480 g/mol. The summed E-state index contributed by atoms with van der Waals surface area (Å²) in [5, 5.41) is 0. The summed E-state index contributed by atoms with van der Waals surface area (Å²) >= 11 is 0. The molecule has 3 heterocycles. The van der Waals surface area contributed by atoms with Crippen LogP contribution in [0.1, 0.15) is 180 Å². The van der Waals surface area contributed by atoms with Gasteiger partial charge in [0.05, 0.1) is 71.5 Å². The van der Waals surface area contributed by atoms with Crippen LogP contribution < -0.4 is 0 Å². The molecule has 0 aromatic rings. The minimum Gasteiger partial charge on any atom is -0.463 e. The lowest BCUT2D eigenvalue weighted by Gasteiger charge is -2.46. The van der Waals surface area contributed by atoms with Crippen LogP contribution in [0.15, 0.2) is 0 Å². The summed E-state index contributed by atoms with van der Waals surface area (Å²) in [4.78, 5) is 150. The molecular weight excluding hydrogens is 1370 g/mol. The lowest BCUT2D eigenvalue weighted by molar-refractivity contribution is -0.326. The van der Waals surface area contributed by atoms with E-state index in [1.807, 2.05) is 0 Å². The first-order chi connectivity index (χ1) is 48.9. The largest absolute Gasteiger partial charge is 0.463 e. The number of rotatable bonds is 50. The monoisotopic (exact) mass is 1480 g/mol. The van der Waals surface area contributed by atoms with E-state index in [-0.39, 0.29) is 59.5 Å². The zero-order valence-electron chi connectivity index (χ0n) is 61.8. The Morgan fingerprint density at radius 3 is 0.786 bits per heavy atom. The van der Waals surface area contributed by atoms with E-state index in [0.717, 1.165) is 115 Å². The third-order valence-corrected chi connectivity index (χ3v) is 15.7. The van der Waals surface area contributed by atoms with E-state index >= 15 is 0 Å². The second kappa shape index (κ2) is 49.9. The molecule has 103 heavy (non-hydrogen) atoms. The van der Waals surface area contributed by atoms with Gasteiger partial charge in [-0.05, 0) is 6.42 Å². The first kappa shape index (κ1) is 90.5. The van der Waals surface area contributed by atoms with Gasteiger partial charge in [0.15, 0.2) is 73.8 Å². The molecule has 0 spiro atoms. The molecule has 0 aromatic carbocycles. The van der Waals surface area contributed by atoms with E-state index < -0.39 is 202 Å². The average Bonchev–Trinajstić information content (AvgIpc) is 0.796. The number of carbonyl (C=O) groups is 12. The van der Waals surface area contributed by atoms with Gasteiger partial charge in [-0.1, -0.05) is 90.4 Å². The molecule has 3 aliphatic rings. The van der Waals surface area contributed by atoms with Crippen molar-refractivity contribution in [2.45, 2.75) is 272 Å². The van der Waals surface area contributed by atoms with Crippen LogP contribution in [-0.2, 0) is 162 Å². The molecule has 0 N–H and O–H groups in total. The number of ether oxygens (including phenoxy) is 22. The number of hydrogen-bond donors (Lipinski definition) is 0. The molecule has 0 unspecified atom stereocenters. The SMILES string of the molecule is CCCCCCCCCCCCCCCCOCC(COCCOCCOCCO[C@H]1O[C@H](COC(C)=O)[C@@H](OC(C)=O)[C@H](OC(C)=O)[C@@H]1OC(C)=O)(CO[C@H]1O[C@H](COC(C)=O)[C@@H](OC(C)=O)[C@H](OC(C)=O)[C@@H]1OC(C)=O)CO[C@H]1O[C@H](COC(C)=O)[C@@H](OC(C)=O)[C@H](OC(C)=O)[C@@H]1OC(C)=O. The molecule has 0 aromatic heterocycles. The van der Waals surface area contributed by atoms with E-state index in [1.165, 1.54) is 51.4 Å². The van der Waals surface area contributed by atoms with Crippen LogP contribution in [0.25, 0.3) is 0 Å². The highest BCUT2D eigenvalue weighted by molar-refractivity contribution is 5.71. The summed E-state index contributed by atoms with van der Waals surface area (Å²) in [5.41, 5.74) is -1.59. The lowest BCUT2D eigenvalue weighted by atomic mass is 9.91. The highest BCUT2D eigenvalue weighted by Gasteiger charge is 2.57. The van der Waals surface area contributed by atoms with E-state index in [0.29, 0.717) is 6.42 Å². The van der Waals surface area contributed by atoms with Gasteiger partial charge in [0.25, 0.3) is 0 Å².